The fourth-order valence-electron chi connectivity index (χ4n) is 1.47. The van der Waals surface area contributed by atoms with Crippen molar-refractivity contribution in [1.29, 1.82) is 0 Å². The molecule has 0 aliphatic carbocycles. The van der Waals surface area contributed by atoms with Crippen LogP contribution in [0.1, 0.15) is 27.7 Å². The van der Waals surface area contributed by atoms with E-state index in [0.717, 1.165) is 0 Å². The van der Waals surface area contributed by atoms with Gasteiger partial charge in [-0.1, -0.05) is 13.8 Å². The van der Waals surface area contributed by atoms with Crippen LogP contribution < -0.4 is 11.1 Å². The Kier molecular flexibility index (Phi) is 9.16. The normalized spacial score (nSPS) is 12.3. The largest absolute Gasteiger partial charge is 0.380 e. The number of nitrogens with one attached hydrogen (secondary N) is 1. The Hall–Kier alpha value is -1.14. The summed E-state index contributed by atoms with van der Waals surface area (Å²) in [6.45, 7) is 9.80. The summed E-state index contributed by atoms with van der Waals surface area (Å²) in [4.78, 5) is 25.2. The van der Waals surface area contributed by atoms with E-state index in [-0.39, 0.29) is 24.3 Å². The number of likely N-dealkylation sites (N-methyl/N-ethyl adjacent to an activating group) is 1. The highest BCUT2D eigenvalue weighted by Gasteiger charge is 2.19. The number of ether oxygens (including phenoxy) is 1. The maximum absolute atomic E-state index is 11.9. The molecule has 0 aromatic carbocycles. The van der Waals surface area contributed by atoms with E-state index in [1.807, 2.05) is 27.7 Å². The molecule has 6 nitrogen and oxygen atoms in total. The lowest BCUT2D eigenvalue weighted by molar-refractivity contribution is -0.133. The Morgan fingerprint density at radius 1 is 1.32 bits per heavy atom. The molecule has 6 heteroatoms. The van der Waals surface area contributed by atoms with Crippen LogP contribution in [0.5, 0.6) is 0 Å². The first kappa shape index (κ1) is 17.9. The van der Waals surface area contributed by atoms with Gasteiger partial charge in [0.25, 0.3) is 0 Å². The molecular weight excluding hydrogens is 246 g/mol. The number of hydrogen-bond acceptors (Lipinski definition) is 4. The summed E-state index contributed by atoms with van der Waals surface area (Å²) in [5, 5.41) is 2.57. The third-order valence-electron chi connectivity index (χ3n) is 2.88. The minimum Gasteiger partial charge on any atom is -0.380 e. The van der Waals surface area contributed by atoms with Crippen molar-refractivity contribution in [3.05, 3.63) is 0 Å². The third kappa shape index (κ3) is 7.12. The zero-order valence-corrected chi connectivity index (χ0v) is 12.4. The third-order valence-corrected chi connectivity index (χ3v) is 2.88. The number of nitrogens with zero attached hydrogens (tertiary/aromatic N) is 1. The summed E-state index contributed by atoms with van der Waals surface area (Å²) in [5.41, 5.74) is 5.70. The van der Waals surface area contributed by atoms with Gasteiger partial charge in [0.15, 0.2) is 0 Å². The molecule has 0 aromatic heterocycles. The van der Waals surface area contributed by atoms with Crippen molar-refractivity contribution in [3.8, 4) is 0 Å². The monoisotopic (exact) mass is 273 g/mol. The predicted octanol–water partition coefficient (Wildman–Crippen LogP) is -0.0291. The van der Waals surface area contributed by atoms with Crippen LogP contribution in [-0.2, 0) is 14.3 Å². The topological polar surface area (TPSA) is 84.7 Å². The first-order valence-electron chi connectivity index (χ1n) is 6.82. The van der Waals surface area contributed by atoms with Gasteiger partial charge in [-0.05, 0) is 19.8 Å². The highest BCUT2D eigenvalue weighted by atomic mass is 16.5. The number of rotatable bonds is 9. The van der Waals surface area contributed by atoms with E-state index in [2.05, 4.69) is 5.32 Å². The highest BCUT2D eigenvalue weighted by Crippen LogP contribution is 1.97. The molecule has 112 valence electrons. The van der Waals surface area contributed by atoms with Crippen LogP contribution in [0.15, 0.2) is 0 Å². The van der Waals surface area contributed by atoms with Crippen molar-refractivity contribution in [2.75, 3.05) is 32.8 Å². The lowest BCUT2D eigenvalue weighted by Crippen LogP contribution is -2.48. The summed E-state index contributed by atoms with van der Waals surface area (Å²) < 4.78 is 5.21. The van der Waals surface area contributed by atoms with Crippen LogP contribution >= 0.6 is 0 Å². The van der Waals surface area contributed by atoms with Crippen LogP contribution in [0.2, 0.25) is 0 Å². The SMILES string of the molecule is CCOCCN(CC)C(=O)CNC(=O)[C@@H](N)C(C)C. The smallest absolute Gasteiger partial charge is 0.242 e. The van der Waals surface area contributed by atoms with E-state index in [4.69, 9.17) is 10.5 Å². The quantitative estimate of drug-likeness (QED) is 0.578. The van der Waals surface area contributed by atoms with Crippen molar-refractivity contribution in [1.82, 2.24) is 10.2 Å². The standard InChI is InChI=1S/C13H27N3O3/c1-5-16(7-8-19-6-2)11(17)9-15-13(18)12(14)10(3)4/h10,12H,5-9,14H2,1-4H3,(H,15,18)/t12-/m0/s1. The second-order valence-electron chi connectivity index (χ2n) is 4.66. The highest BCUT2D eigenvalue weighted by molar-refractivity contribution is 5.87. The summed E-state index contributed by atoms with van der Waals surface area (Å²) in [6, 6.07) is -0.577. The maximum atomic E-state index is 11.9. The molecule has 0 rings (SSSR count). The van der Waals surface area contributed by atoms with Crippen molar-refractivity contribution in [3.63, 3.8) is 0 Å². The van der Waals surface area contributed by atoms with Crippen molar-refractivity contribution >= 4 is 11.8 Å². The molecular formula is C13H27N3O3. The molecule has 2 amide bonds. The lowest BCUT2D eigenvalue weighted by atomic mass is 10.1. The zero-order valence-electron chi connectivity index (χ0n) is 12.4. The van der Waals surface area contributed by atoms with Gasteiger partial charge < -0.3 is 20.7 Å². The van der Waals surface area contributed by atoms with Crippen molar-refractivity contribution in [2.24, 2.45) is 11.7 Å². The lowest BCUT2D eigenvalue weighted by Gasteiger charge is -2.22. The van der Waals surface area contributed by atoms with Gasteiger partial charge >= 0.3 is 0 Å². The molecule has 1 atom stereocenters. The Labute approximate surface area is 115 Å². The van der Waals surface area contributed by atoms with Crippen molar-refractivity contribution in [2.45, 2.75) is 33.7 Å². The number of carbonyl (C=O) groups excluding carboxylic acids is 2. The first-order valence-corrected chi connectivity index (χ1v) is 6.82. The maximum Gasteiger partial charge on any atom is 0.242 e. The van der Waals surface area contributed by atoms with Gasteiger partial charge in [0.1, 0.15) is 0 Å². The molecule has 0 aromatic rings. The van der Waals surface area contributed by atoms with E-state index < -0.39 is 6.04 Å². The van der Waals surface area contributed by atoms with Crippen LogP contribution in [0.25, 0.3) is 0 Å². The van der Waals surface area contributed by atoms with E-state index >= 15 is 0 Å². The molecule has 0 aliphatic rings. The summed E-state index contributed by atoms with van der Waals surface area (Å²) in [6.07, 6.45) is 0. The molecule has 0 saturated carbocycles. The summed E-state index contributed by atoms with van der Waals surface area (Å²) in [7, 11) is 0. The zero-order chi connectivity index (χ0) is 14.8. The van der Waals surface area contributed by atoms with Gasteiger partial charge in [-0.25, -0.2) is 0 Å². The molecule has 3 N–H and O–H groups in total. The van der Waals surface area contributed by atoms with Gasteiger partial charge in [-0.3, -0.25) is 9.59 Å². The molecule has 0 spiro atoms. The van der Waals surface area contributed by atoms with E-state index in [1.54, 1.807) is 4.90 Å². The molecule has 0 fully saturated rings. The number of amides is 2. The van der Waals surface area contributed by atoms with E-state index in [9.17, 15) is 9.59 Å². The fraction of sp³-hybridized carbons (Fsp3) is 0.846. The molecule has 0 radical (unpaired) electrons. The van der Waals surface area contributed by atoms with E-state index in [1.165, 1.54) is 0 Å². The minimum absolute atomic E-state index is 0.0147. The molecule has 0 aliphatic heterocycles. The number of nitrogens with two attached hydrogens (primary N) is 1. The van der Waals surface area contributed by atoms with Gasteiger partial charge in [-0.2, -0.15) is 0 Å². The van der Waals surface area contributed by atoms with Crippen LogP contribution in [0.3, 0.4) is 0 Å². The fourth-order valence-corrected chi connectivity index (χ4v) is 1.47. The second kappa shape index (κ2) is 9.75. The summed E-state index contributed by atoms with van der Waals surface area (Å²) >= 11 is 0. The molecule has 19 heavy (non-hydrogen) atoms. The molecule has 0 bridgehead atoms. The Balaban J connectivity index is 4.09. The number of carbonyl (C=O) groups is 2. The Morgan fingerprint density at radius 3 is 2.42 bits per heavy atom. The Morgan fingerprint density at radius 2 is 1.95 bits per heavy atom. The summed E-state index contributed by atoms with van der Waals surface area (Å²) in [5.74, 6) is -0.356. The van der Waals surface area contributed by atoms with Gasteiger partial charge in [0, 0.05) is 19.7 Å². The van der Waals surface area contributed by atoms with Crippen LogP contribution in [0, 0.1) is 5.92 Å². The van der Waals surface area contributed by atoms with Gasteiger partial charge in [0.2, 0.25) is 11.8 Å². The molecule has 0 heterocycles. The van der Waals surface area contributed by atoms with Crippen LogP contribution in [0.4, 0.5) is 0 Å². The number of hydrogen-bond donors (Lipinski definition) is 2. The molecule has 0 unspecified atom stereocenters. The molecule has 0 saturated heterocycles. The minimum atomic E-state index is -0.577. The van der Waals surface area contributed by atoms with Crippen molar-refractivity contribution < 1.29 is 14.3 Å². The predicted molar refractivity (Wildman–Crippen MR) is 74.6 cm³/mol. The van der Waals surface area contributed by atoms with E-state index in [0.29, 0.717) is 26.3 Å². The Bertz CT molecular complexity index is 282. The average Bonchev–Trinajstić information content (AvgIpc) is 2.39. The van der Waals surface area contributed by atoms with Crippen LogP contribution in [-0.4, -0.2) is 55.6 Å². The van der Waals surface area contributed by atoms with Gasteiger partial charge in [0.05, 0.1) is 19.2 Å². The second-order valence-corrected chi connectivity index (χ2v) is 4.66. The average molecular weight is 273 g/mol. The van der Waals surface area contributed by atoms with Gasteiger partial charge in [-0.15, -0.1) is 0 Å². The first-order chi connectivity index (χ1) is 8.93.